The van der Waals surface area contributed by atoms with Gasteiger partial charge in [0.1, 0.15) is 0 Å². The quantitative estimate of drug-likeness (QED) is 0.526. The molecule has 7 heteroatoms. The van der Waals surface area contributed by atoms with Crippen LogP contribution in [0.5, 0.6) is 0 Å². The molecule has 1 aromatic carbocycles. The minimum Gasteiger partial charge on any atom is -0.361 e. The van der Waals surface area contributed by atoms with Crippen LogP contribution in [0.2, 0.25) is 0 Å². The van der Waals surface area contributed by atoms with Crippen molar-refractivity contribution in [3.8, 4) is 0 Å². The van der Waals surface area contributed by atoms with Crippen molar-refractivity contribution < 1.29 is 4.79 Å². The maximum absolute atomic E-state index is 12.6. The molecular formula is C23H25N5OS. The van der Waals surface area contributed by atoms with Crippen molar-refractivity contribution >= 4 is 28.9 Å². The van der Waals surface area contributed by atoms with E-state index in [0.717, 1.165) is 28.3 Å². The number of amides is 1. The first-order valence-electron chi connectivity index (χ1n) is 10.0. The Bertz CT molecular complexity index is 1050. The Kier molecular flexibility index (Phi) is 5.81. The van der Waals surface area contributed by atoms with E-state index in [1.807, 2.05) is 56.3 Å². The number of hydrogen-bond donors (Lipinski definition) is 3. The van der Waals surface area contributed by atoms with Crippen LogP contribution in [0.25, 0.3) is 0 Å². The van der Waals surface area contributed by atoms with Gasteiger partial charge in [0.2, 0.25) is 5.91 Å². The van der Waals surface area contributed by atoms with E-state index in [2.05, 4.69) is 37.6 Å². The summed E-state index contributed by atoms with van der Waals surface area (Å²) in [6.07, 6.45) is 2.12. The van der Waals surface area contributed by atoms with Crippen LogP contribution in [0.1, 0.15) is 41.1 Å². The van der Waals surface area contributed by atoms with E-state index < -0.39 is 0 Å². The molecule has 1 fully saturated rings. The molecule has 0 aliphatic carbocycles. The summed E-state index contributed by atoms with van der Waals surface area (Å²) in [5.41, 5.74) is 4.97. The number of thiocarbonyl (C=S) groups is 1. The third kappa shape index (κ3) is 4.36. The van der Waals surface area contributed by atoms with Crippen molar-refractivity contribution in [1.82, 2.24) is 20.2 Å². The first-order valence-corrected chi connectivity index (χ1v) is 10.4. The molecule has 1 aliphatic heterocycles. The summed E-state index contributed by atoms with van der Waals surface area (Å²) < 4.78 is 0. The van der Waals surface area contributed by atoms with Gasteiger partial charge in [0.25, 0.3) is 0 Å². The second kappa shape index (κ2) is 8.67. The predicted octanol–water partition coefficient (Wildman–Crippen LogP) is 4.03. The molecule has 3 aromatic rings. The lowest BCUT2D eigenvalue weighted by Gasteiger charge is -2.26. The van der Waals surface area contributed by atoms with E-state index in [9.17, 15) is 4.79 Å². The van der Waals surface area contributed by atoms with Crippen LogP contribution in [0, 0.1) is 13.8 Å². The number of carbonyl (C=O) groups excluding carboxylic acids is 1. The Morgan fingerprint density at radius 3 is 2.73 bits per heavy atom. The number of aromatic nitrogens is 2. The van der Waals surface area contributed by atoms with E-state index in [4.69, 9.17) is 12.2 Å². The van der Waals surface area contributed by atoms with Crippen LogP contribution >= 0.6 is 12.2 Å². The Hall–Kier alpha value is -3.19. The van der Waals surface area contributed by atoms with E-state index in [1.54, 1.807) is 6.20 Å². The van der Waals surface area contributed by atoms with E-state index in [0.29, 0.717) is 18.1 Å². The summed E-state index contributed by atoms with van der Waals surface area (Å²) in [6, 6.07) is 17.6. The first kappa shape index (κ1) is 20.1. The van der Waals surface area contributed by atoms with Crippen LogP contribution < -0.4 is 10.6 Å². The Labute approximate surface area is 181 Å². The number of nitrogens with zero attached hydrogens (tertiary/aromatic N) is 2. The van der Waals surface area contributed by atoms with Gasteiger partial charge >= 0.3 is 0 Å². The molecule has 2 atom stereocenters. The molecule has 1 amide bonds. The number of carbonyl (C=O) groups is 1. The zero-order valence-electron chi connectivity index (χ0n) is 17.1. The molecule has 1 saturated heterocycles. The third-order valence-electron chi connectivity index (χ3n) is 5.25. The van der Waals surface area contributed by atoms with Crippen molar-refractivity contribution in [2.75, 3.05) is 11.9 Å². The maximum atomic E-state index is 12.6. The van der Waals surface area contributed by atoms with Crippen LogP contribution in [-0.4, -0.2) is 32.4 Å². The molecule has 30 heavy (non-hydrogen) atoms. The van der Waals surface area contributed by atoms with Crippen LogP contribution in [0.15, 0.2) is 60.8 Å². The number of hydrogen-bond acceptors (Lipinski definition) is 3. The Morgan fingerprint density at radius 1 is 1.17 bits per heavy atom. The first-order chi connectivity index (χ1) is 14.5. The molecule has 3 heterocycles. The average Bonchev–Trinajstić information content (AvgIpc) is 3.30. The van der Waals surface area contributed by atoms with Crippen molar-refractivity contribution in [3.05, 3.63) is 83.4 Å². The summed E-state index contributed by atoms with van der Waals surface area (Å²) >= 11 is 5.64. The molecule has 154 valence electrons. The molecule has 2 aromatic heterocycles. The number of rotatable bonds is 6. The van der Waals surface area contributed by atoms with Crippen LogP contribution in [-0.2, 0) is 4.79 Å². The Balaban J connectivity index is 1.51. The fraction of sp³-hybridized carbons (Fsp3) is 0.261. The summed E-state index contributed by atoms with van der Waals surface area (Å²) in [5, 5.41) is 7.01. The number of aromatic amines is 1. The van der Waals surface area contributed by atoms with Crippen LogP contribution in [0.3, 0.4) is 0 Å². The highest BCUT2D eigenvalue weighted by Crippen LogP contribution is 2.38. The third-order valence-corrected chi connectivity index (χ3v) is 5.60. The van der Waals surface area contributed by atoms with Crippen LogP contribution in [0.4, 0.5) is 5.69 Å². The molecule has 0 spiro atoms. The lowest BCUT2D eigenvalue weighted by molar-refractivity contribution is -0.116. The number of benzene rings is 1. The average molecular weight is 420 g/mol. The smallest absolute Gasteiger partial charge is 0.226 e. The molecular weight excluding hydrogens is 394 g/mol. The van der Waals surface area contributed by atoms with Crippen molar-refractivity contribution in [1.29, 1.82) is 0 Å². The number of aryl methyl sites for hydroxylation is 2. The van der Waals surface area contributed by atoms with Gasteiger partial charge in [0.05, 0.1) is 17.8 Å². The van der Waals surface area contributed by atoms with Gasteiger partial charge in [-0.25, -0.2) is 0 Å². The monoisotopic (exact) mass is 419 g/mol. The molecule has 0 radical (unpaired) electrons. The SMILES string of the molecule is Cc1cccc(NC(=O)CCN2C(=S)N[C@@H](c3ccccn3)[C@@H]2c2ccc(C)[nH]2)c1. The fourth-order valence-electron chi connectivity index (χ4n) is 3.85. The second-order valence-electron chi connectivity index (χ2n) is 7.58. The van der Waals surface area contributed by atoms with Crippen molar-refractivity contribution in [2.45, 2.75) is 32.4 Å². The molecule has 3 N–H and O–H groups in total. The Morgan fingerprint density at radius 2 is 2.03 bits per heavy atom. The number of nitrogens with one attached hydrogen (secondary N) is 3. The summed E-state index contributed by atoms with van der Waals surface area (Å²) in [4.78, 5) is 22.6. The predicted molar refractivity (Wildman–Crippen MR) is 122 cm³/mol. The van der Waals surface area contributed by atoms with Gasteiger partial charge in [-0.05, 0) is 68.0 Å². The maximum Gasteiger partial charge on any atom is 0.226 e. The van der Waals surface area contributed by atoms with Gasteiger partial charge in [0.15, 0.2) is 5.11 Å². The molecule has 0 bridgehead atoms. The molecule has 4 rings (SSSR count). The van der Waals surface area contributed by atoms with Gasteiger partial charge in [-0.2, -0.15) is 0 Å². The standard InChI is InChI=1S/C23H25N5OS/c1-15-6-5-7-17(14-15)26-20(29)11-13-28-22(19-10-9-16(2)25-19)21(27-23(28)30)18-8-3-4-12-24-18/h3-10,12,14,21-22,25H,11,13H2,1-2H3,(H,26,29)(H,27,30)/t21-,22-/m0/s1. The lowest BCUT2D eigenvalue weighted by Crippen LogP contribution is -2.32. The van der Waals surface area contributed by atoms with Gasteiger partial charge in [-0.1, -0.05) is 18.2 Å². The van der Waals surface area contributed by atoms with Gasteiger partial charge in [-0.3, -0.25) is 9.78 Å². The zero-order valence-corrected chi connectivity index (χ0v) is 17.9. The number of pyridine rings is 1. The number of anilines is 1. The lowest BCUT2D eigenvalue weighted by atomic mass is 10.0. The second-order valence-corrected chi connectivity index (χ2v) is 7.97. The molecule has 0 unspecified atom stereocenters. The largest absolute Gasteiger partial charge is 0.361 e. The van der Waals surface area contributed by atoms with Crippen molar-refractivity contribution in [3.63, 3.8) is 0 Å². The normalized spacial score (nSPS) is 18.3. The number of H-pyrrole nitrogens is 1. The minimum atomic E-state index is -0.0865. The fourth-order valence-corrected chi connectivity index (χ4v) is 4.18. The topological polar surface area (TPSA) is 73.1 Å². The summed E-state index contributed by atoms with van der Waals surface area (Å²) in [7, 11) is 0. The minimum absolute atomic E-state index is 0.0360. The van der Waals surface area contributed by atoms with Gasteiger partial charge < -0.3 is 20.5 Å². The molecule has 6 nitrogen and oxygen atoms in total. The molecule has 1 aliphatic rings. The van der Waals surface area contributed by atoms with E-state index in [-0.39, 0.29) is 18.0 Å². The van der Waals surface area contributed by atoms with Crippen molar-refractivity contribution in [2.24, 2.45) is 0 Å². The van der Waals surface area contributed by atoms with Gasteiger partial charge in [-0.15, -0.1) is 0 Å². The highest BCUT2D eigenvalue weighted by molar-refractivity contribution is 7.80. The summed E-state index contributed by atoms with van der Waals surface area (Å²) in [6.45, 7) is 4.54. The summed E-state index contributed by atoms with van der Waals surface area (Å²) in [5.74, 6) is -0.0360. The van der Waals surface area contributed by atoms with E-state index in [1.165, 1.54) is 0 Å². The molecule has 0 saturated carbocycles. The van der Waals surface area contributed by atoms with Gasteiger partial charge in [0, 0.05) is 36.2 Å². The highest BCUT2D eigenvalue weighted by Gasteiger charge is 2.40. The zero-order chi connectivity index (χ0) is 21.1. The van der Waals surface area contributed by atoms with E-state index >= 15 is 0 Å². The highest BCUT2D eigenvalue weighted by atomic mass is 32.1.